The molecule has 3 N–H and O–H groups in total. The van der Waals surface area contributed by atoms with Gasteiger partial charge in [-0.05, 0) is 0 Å². The Morgan fingerprint density at radius 3 is 1.71 bits per heavy atom. The van der Waals surface area contributed by atoms with Gasteiger partial charge in [0.1, 0.15) is 11.1 Å². The van der Waals surface area contributed by atoms with Crippen molar-refractivity contribution in [3.05, 3.63) is 0 Å². The number of rotatable bonds is 9. The van der Waals surface area contributed by atoms with Crippen LogP contribution in [0.25, 0.3) is 0 Å². The molecule has 0 radical (unpaired) electrons. The van der Waals surface area contributed by atoms with E-state index in [1.807, 2.05) is 0 Å². The van der Waals surface area contributed by atoms with E-state index in [1.54, 1.807) is 0 Å². The first-order valence-electron chi connectivity index (χ1n) is 4.81. The van der Waals surface area contributed by atoms with Crippen molar-refractivity contribution < 1.29 is 20.1 Å². The zero-order valence-corrected chi connectivity index (χ0v) is 15.4. The summed E-state index contributed by atoms with van der Waals surface area (Å²) < 4.78 is 5.62. The molecule has 0 aliphatic carbocycles. The fourth-order valence-corrected chi connectivity index (χ4v) is 5.05. The maximum absolute atomic E-state index is 10.1. The maximum atomic E-state index is 10.1. The molecule has 0 heterocycles. The van der Waals surface area contributed by atoms with Gasteiger partial charge in [0.25, 0.3) is 0 Å². The molecule has 0 amide bonds. The van der Waals surface area contributed by atoms with Gasteiger partial charge in [-0.3, -0.25) is 0 Å². The van der Waals surface area contributed by atoms with Crippen molar-refractivity contribution >= 4 is 63.7 Å². The highest BCUT2D eigenvalue weighted by Gasteiger charge is 2.55. The van der Waals surface area contributed by atoms with Crippen LogP contribution < -0.4 is 0 Å². The summed E-state index contributed by atoms with van der Waals surface area (Å²) in [5, 5.41) is 30.3. The molecule has 0 saturated carbocycles. The minimum Gasteiger partial charge on any atom is -0.395 e. The van der Waals surface area contributed by atoms with E-state index in [2.05, 4.69) is 63.7 Å². The topological polar surface area (TPSA) is 69.9 Å². The number of ether oxygens (including phenoxy) is 1. The summed E-state index contributed by atoms with van der Waals surface area (Å²) in [5.74, 6) is 0. The zero-order valence-electron chi connectivity index (χ0n) is 9.08. The largest absolute Gasteiger partial charge is 0.395 e. The standard InChI is InChI=1S/C9H16Br4O4/c10-1-7(16)8(4-14,5-15)9(2-11,3-12)17-6-13/h7,14-16H,1-6H2. The first kappa shape index (κ1) is 18.8. The molecular weight excluding hydrogens is 492 g/mol. The lowest BCUT2D eigenvalue weighted by molar-refractivity contribution is -0.172. The van der Waals surface area contributed by atoms with Crippen molar-refractivity contribution in [2.75, 3.05) is 34.7 Å². The van der Waals surface area contributed by atoms with Crippen molar-refractivity contribution in [1.82, 2.24) is 0 Å². The van der Waals surface area contributed by atoms with Crippen LogP contribution in [0.3, 0.4) is 0 Å². The molecule has 0 aromatic carbocycles. The van der Waals surface area contributed by atoms with Gasteiger partial charge in [0.15, 0.2) is 0 Å². The molecule has 0 aliphatic rings. The van der Waals surface area contributed by atoms with Gasteiger partial charge in [0, 0.05) is 16.0 Å². The van der Waals surface area contributed by atoms with Gasteiger partial charge in [-0.25, -0.2) is 0 Å². The fraction of sp³-hybridized carbons (Fsp3) is 1.00. The average molecular weight is 508 g/mol. The molecule has 0 fully saturated rings. The molecule has 1 atom stereocenters. The Hall–Kier alpha value is 1.76. The van der Waals surface area contributed by atoms with Gasteiger partial charge in [-0.1, -0.05) is 63.7 Å². The number of hydrogen-bond acceptors (Lipinski definition) is 4. The fourth-order valence-electron chi connectivity index (χ4n) is 1.63. The van der Waals surface area contributed by atoms with Crippen LogP contribution >= 0.6 is 63.7 Å². The summed E-state index contributed by atoms with van der Waals surface area (Å²) >= 11 is 13.0. The van der Waals surface area contributed by atoms with Crippen LogP contribution in [0.5, 0.6) is 0 Å². The number of alkyl halides is 4. The first-order chi connectivity index (χ1) is 8.03. The third kappa shape index (κ3) is 3.65. The predicted octanol–water partition coefficient (Wildman–Crippen LogP) is 1.61. The van der Waals surface area contributed by atoms with E-state index in [1.165, 1.54) is 0 Å². The molecular formula is C9H16Br4O4. The molecule has 0 aliphatic heterocycles. The van der Waals surface area contributed by atoms with E-state index < -0.39 is 17.1 Å². The van der Waals surface area contributed by atoms with E-state index in [-0.39, 0.29) is 24.1 Å². The summed E-state index contributed by atoms with van der Waals surface area (Å²) in [6, 6.07) is 0. The van der Waals surface area contributed by atoms with E-state index >= 15 is 0 Å². The van der Waals surface area contributed by atoms with Crippen LogP contribution in [0.1, 0.15) is 0 Å². The van der Waals surface area contributed by atoms with Crippen molar-refractivity contribution in [3.63, 3.8) is 0 Å². The molecule has 104 valence electrons. The molecule has 0 bridgehead atoms. The van der Waals surface area contributed by atoms with E-state index in [4.69, 9.17) is 4.74 Å². The van der Waals surface area contributed by atoms with Crippen LogP contribution in [-0.2, 0) is 4.74 Å². The summed E-state index contributed by atoms with van der Waals surface area (Å²) in [6.07, 6.45) is -0.938. The second-order valence-corrected chi connectivity index (χ2v) is 5.88. The lowest BCUT2D eigenvalue weighted by atomic mass is 9.71. The second kappa shape index (κ2) is 8.84. The highest BCUT2D eigenvalue weighted by molar-refractivity contribution is 9.10. The van der Waals surface area contributed by atoms with Gasteiger partial charge >= 0.3 is 0 Å². The van der Waals surface area contributed by atoms with E-state index in [0.717, 1.165) is 0 Å². The minimum atomic E-state index is -1.17. The lowest BCUT2D eigenvalue weighted by Gasteiger charge is -2.48. The molecule has 1 unspecified atom stereocenters. The van der Waals surface area contributed by atoms with Gasteiger partial charge < -0.3 is 20.1 Å². The maximum Gasteiger partial charge on any atom is 0.102 e. The molecule has 0 spiro atoms. The highest BCUT2D eigenvalue weighted by atomic mass is 79.9. The van der Waals surface area contributed by atoms with Crippen LogP contribution in [0.4, 0.5) is 0 Å². The zero-order chi connectivity index (χ0) is 13.5. The number of hydrogen-bond donors (Lipinski definition) is 3. The predicted molar refractivity (Wildman–Crippen MR) is 81.6 cm³/mol. The lowest BCUT2D eigenvalue weighted by Crippen LogP contribution is -2.63. The van der Waals surface area contributed by atoms with Crippen molar-refractivity contribution in [1.29, 1.82) is 0 Å². The number of aliphatic hydroxyl groups excluding tert-OH is 3. The highest BCUT2D eigenvalue weighted by Crippen LogP contribution is 2.41. The van der Waals surface area contributed by atoms with Crippen LogP contribution in [0.15, 0.2) is 0 Å². The summed E-state index contributed by atoms with van der Waals surface area (Å²) in [6.45, 7) is -0.777. The first-order valence-corrected chi connectivity index (χ1v) is 9.30. The van der Waals surface area contributed by atoms with Crippen molar-refractivity contribution in [2.45, 2.75) is 11.7 Å². The van der Waals surface area contributed by atoms with Crippen LogP contribution in [-0.4, -0.2) is 61.7 Å². The Kier molecular flexibility index (Phi) is 9.75. The average Bonchev–Trinajstić information content (AvgIpc) is 2.38. The molecule has 0 rings (SSSR count). The Morgan fingerprint density at radius 1 is 1.00 bits per heavy atom. The van der Waals surface area contributed by atoms with Gasteiger partial charge in [0.05, 0.1) is 24.7 Å². The SMILES string of the molecule is OCC(CO)(C(O)CBr)C(CBr)(CBr)OCBr. The molecule has 8 heteroatoms. The monoisotopic (exact) mass is 504 g/mol. The normalized spacial score (nSPS) is 15.0. The number of aliphatic hydroxyl groups is 3. The third-order valence-electron chi connectivity index (χ3n) is 3.02. The van der Waals surface area contributed by atoms with Gasteiger partial charge in [-0.15, -0.1) is 0 Å². The quantitative estimate of drug-likeness (QED) is 0.415. The van der Waals surface area contributed by atoms with E-state index in [9.17, 15) is 15.3 Å². The smallest absolute Gasteiger partial charge is 0.102 e. The molecule has 0 aromatic rings. The molecule has 0 saturated heterocycles. The Labute approximate surface area is 135 Å². The third-order valence-corrected chi connectivity index (χ3v) is 5.67. The molecule has 17 heavy (non-hydrogen) atoms. The summed E-state index contributed by atoms with van der Waals surface area (Å²) in [4.78, 5) is 0. The summed E-state index contributed by atoms with van der Waals surface area (Å²) in [7, 11) is 0. The summed E-state index contributed by atoms with van der Waals surface area (Å²) in [5.41, 5.74) is -1.86. The van der Waals surface area contributed by atoms with Crippen LogP contribution in [0.2, 0.25) is 0 Å². The molecule has 0 aromatic heterocycles. The Bertz CT molecular complexity index is 209. The Morgan fingerprint density at radius 2 is 1.47 bits per heavy atom. The minimum absolute atomic E-state index is 0.237. The number of halogens is 4. The second-order valence-electron chi connectivity index (χ2n) is 3.66. The molecule has 4 nitrogen and oxygen atoms in total. The van der Waals surface area contributed by atoms with Gasteiger partial charge in [-0.2, -0.15) is 0 Å². The van der Waals surface area contributed by atoms with Crippen molar-refractivity contribution in [3.8, 4) is 0 Å². The Balaban J connectivity index is 5.49. The van der Waals surface area contributed by atoms with E-state index in [0.29, 0.717) is 10.7 Å². The van der Waals surface area contributed by atoms with Crippen LogP contribution in [0, 0.1) is 5.41 Å². The van der Waals surface area contributed by atoms with Gasteiger partial charge in [0.2, 0.25) is 0 Å². The van der Waals surface area contributed by atoms with Crippen molar-refractivity contribution in [2.24, 2.45) is 5.41 Å².